The van der Waals surface area contributed by atoms with E-state index in [0.717, 1.165) is 13.0 Å². The van der Waals surface area contributed by atoms with E-state index in [1.54, 1.807) is 6.92 Å². The van der Waals surface area contributed by atoms with Crippen LogP contribution in [0.2, 0.25) is 0 Å². The van der Waals surface area contributed by atoms with Crippen LogP contribution < -0.4 is 0 Å². The Morgan fingerprint density at radius 3 is 1.80 bits per heavy atom. The second-order valence-electron chi connectivity index (χ2n) is 6.42. The number of rotatable bonds is 19. The molecule has 1 atom stereocenters. The van der Waals surface area contributed by atoms with Crippen LogP contribution in [0, 0.1) is 0 Å². The Labute approximate surface area is 154 Å². The highest BCUT2D eigenvalue weighted by atomic mass is 32.3. The second-order valence-corrected chi connectivity index (χ2v) is 7.47. The van der Waals surface area contributed by atoms with Gasteiger partial charge in [0, 0.05) is 6.61 Å². The Hall–Kier alpha value is -0.210. The van der Waals surface area contributed by atoms with Gasteiger partial charge in [-0.3, -0.25) is 4.55 Å². The van der Waals surface area contributed by atoms with Gasteiger partial charge in [-0.15, -0.1) is 0 Å². The van der Waals surface area contributed by atoms with E-state index < -0.39 is 16.5 Å². The summed E-state index contributed by atoms with van der Waals surface area (Å²) >= 11 is 0. The molecule has 0 spiro atoms. The van der Waals surface area contributed by atoms with Gasteiger partial charge in [0.2, 0.25) is 0 Å². The molecule has 7 heteroatoms. The van der Waals surface area contributed by atoms with Crippen LogP contribution in [-0.4, -0.2) is 45.5 Å². The van der Waals surface area contributed by atoms with Crippen molar-refractivity contribution in [2.24, 2.45) is 0 Å². The molecule has 0 bridgehead atoms. The zero-order chi connectivity index (χ0) is 18.8. The number of hydrogen-bond acceptors (Lipinski definition) is 5. The summed E-state index contributed by atoms with van der Waals surface area (Å²) in [6.07, 6.45) is 12.8. The minimum atomic E-state index is -4.42. The van der Waals surface area contributed by atoms with Crippen LogP contribution in [0.3, 0.4) is 0 Å². The third-order valence-corrected chi connectivity index (χ3v) is 4.55. The quantitative estimate of drug-likeness (QED) is 0.261. The molecule has 0 aromatic heterocycles. The molecule has 0 amide bonds. The van der Waals surface area contributed by atoms with Gasteiger partial charge in [0.25, 0.3) is 0 Å². The molecule has 0 aromatic rings. The lowest BCUT2D eigenvalue weighted by molar-refractivity contribution is 0.00900. The summed E-state index contributed by atoms with van der Waals surface area (Å²) in [5, 5.41) is 0. The molecule has 0 heterocycles. The molecule has 1 unspecified atom stereocenters. The van der Waals surface area contributed by atoms with Crippen LogP contribution in [0.4, 0.5) is 0 Å². The standard InChI is InChI=1S/C18H38O6S/c1-3-5-6-7-8-9-10-11-12-13-14-22-15-16-23-17-18(4-2)24-25(19,20)21/h18H,3-17H2,1-2H3,(H,19,20,21). The highest BCUT2D eigenvalue weighted by molar-refractivity contribution is 7.80. The van der Waals surface area contributed by atoms with E-state index in [0.29, 0.717) is 19.6 Å². The lowest BCUT2D eigenvalue weighted by Gasteiger charge is -2.13. The topological polar surface area (TPSA) is 82.1 Å². The van der Waals surface area contributed by atoms with Gasteiger partial charge >= 0.3 is 10.4 Å². The van der Waals surface area contributed by atoms with Gasteiger partial charge in [-0.2, -0.15) is 8.42 Å². The summed E-state index contributed by atoms with van der Waals surface area (Å²) < 4.78 is 45.1. The van der Waals surface area contributed by atoms with Gasteiger partial charge < -0.3 is 9.47 Å². The largest absolute Gasteiger partial charge is 0.397 e. The zero-order valence-electron chi connectivity index (χ0n) is 16.1. The molecule has 0 aliphatic carbocycles. The molecule has 0 saturated heterocycles. The van der Waals surface area contributed by atoms with Crippen molar-refractivity contribution in [2.45, 2.75) is 90.6 Å². The minimum Gasteiger partial charge on any atom is -0.379 e. The van der Waals surface area contributed by atoms with Gasteiger partial charge in [-0.25, -0.2) is 4.18 Å². The summed E-state index contributed by atoms with van der Waals surface area (Å²) in [7, 11) is -4.42. The predicted molar refractivity (Wildman–Crippen MR) is 100 cm³/mol. The Balaban J connectivity index is 3.26. The number of ether oxygens (including phenoxy) is 2. The summed E-state index contributed by atoms with van der Waals surface area (Å²) in [5.41, 5.74) is 0. The summed E-state index contributed by atoms with van der Waals surface area (Å²) in [6.45, 7) is 5.74. The average Bonchev–Trinajstić information content (AvgIpc) is 2.56. The van der Waals surface area contributed by atoms with Crippen molar-refractivity contribution < 1.29 is 26.6 Å². The van der Waals surface area contributed by atoms with Crippen LogP contribution >= 0.6 is 0 Å². The lowest BCUT2D eigenvalue weighted by atomic mass is 10.1. The molecule has 0 rings (SSSR count). The van der Waals surface area contributed by atoms with Gasteiger partial charge in [0.1, 0.15) is 6.10 Å². The van der Waals surface area contributed by atoms with E-state index >= 15 is 0 Å². The van der Waals surface area contributed by atoms with Crippen LogP contribution in [0.25, 0.3) is 0 Å². The van der Waals surface area contributed by atoms with Crippen molar-refractivity contribution in [3.05, 3.63) is 0 Å². The van der Waals surface area contributed by atoms with Gasteiger partial charge in [-0.05, 0) is 12.8 Å². The number of hydrogen-bond donors (Lipinski definition) is 1. The fourth-order valence-electron chi connectivity index (χ4n) is 2.51. The summed E-state index contributed by atoms with van der Waals surface area (Å²) in [5.74, 6) is 0. The maximum Gasteiger partial charge on any atom is 0.397 e. The molecular formula is C18H38O6S. The average molecular weight is 383 g/mol. The Morgan fingerprint density at radius 2 is 1.28 bits per heavy atom. The maximum absolute atomic E-state index is 10.6. The van der Waals surface area contributed by atoms with Crippen LogP contribution in [0.5, 0.6) is 0 Å². The van der Waals surface area contributed by atoms with Crippen LogP contribution in [-0.2, 0) is 24.1 Å². The van der Waals surface area contributed by atoms with Gasteiger partial charge in [0.05, 0.1) is 19.8 Å². The van der Waals surface area contributed by atoms with Crippen molar-refractivity contribution in [2.75, 3.05) is 26.4 Å². The van der Waals surface area contributed by atoms with Crippen molar-refractivity contribution in [1.82, 2.24) is 0 Å². The van der Waals surface area contributed by atoms with Crippen LogP contribution in [0.1, 0.15) is 84.5 Å². The normalized spacial score (nSPS) is 13.2. The molecule has 152 valence electrons. The fourth-order valence-corrected chi connectivity index (χ4v) is 3.05. The first-order valence-corrected chi connectivity index (χ1v) is 11.2. The van der Waals surface area contributed by atoms with Crippen molar-refractivity contribution in [3.8, 4) is 0 Å². The molecule has 0 aromatic carbocycles. The van der Waals surface area contributed by atoms with Crippen molar-refractivity contribution in [1.29, 1.82) is 0 Å². The van der Waals surface area contributed by atoms with E-state index in [-0.39, 0.29) is 6.61 Å². The molecular weight excluding hydrogens is 344 g/mol. The smallest absolute Gasteiger partial charge is 0.379 e. The maximum atomic E-state index is 10.6. The first kappa shape index (κ1) is 24.8. The molecule has 1 N–H and O–H groups in total. The Kier molecular flexibility index (Phi) is 17.1. The molecule has 0 fully saturated rings. The fraction of sp³-hybridized carbons (Fsp3) is 1.00. The van der Waals surface area contributed by atoms with Crippen molar-refractivity contribution in [3.63, 3.8) is 0 Å². The van der Waals surface area contributed by atoms with E-state index in [1.165, 1.54) is 57.8 Å². The van der Waals surface area contributed by atoms with Crippen molar-refractivity contribution >= 4 is 10.4 Å². The zero-order valence-corrected chi connectivity index (χ0v) is 16.9. The van der Waals surface area contributed by atoms with Gasteiger partial charge in [-0.1, -0.05) is 71.6 Å². The highest BCUT2D eigenvalue weighted by Crippen LogP contribution is 2.10. The Morgan fingerprint density at radius 1 is 0.760 bits per heavy atom. The third-order valence-electron chi connectivity index (χ3n) is 4.03. The lowest BCUT2D eigenvalue weighted by Crippen LogP contribution is -2.23. The monoisotopic (exact) mass is 382 g/mol. The minimum absolute atomic E-state index is 0.123. The summed E-state index contributed by atoms with van der Waals surface area (Å²) in [6, 6.07) is 0. The first-order valence-electron chi connectivity index (χ1n) is 9.80. The van der Waals surface area contributed by atoms with E-state index in [1.807, 2.05) is 0 Å². The number of unbranched alkanes of at least 4 members (excludes halogenated alkanes) is 9. The first-order chi connectivity index (χ1) is 12.0. The molecule has 0 saturated carbocycles. The highest BCUT2D eigenvalue weighted by Gasteiger charge is 2.15. The SMILES string of the molecule is CCCCCCCCCCCCOCCOCC(CC)OS(=O)(=O)O. The molecule has 0 radical (unpaired) electrons. The van der Waals surface area contributed by atoms with E-state index in [4.69, 9.17) is 14.0 Å². The summed E-state index contributed by atoms with van der Waals surface area (Å²) in [4.78, 5) is 0. The predicted octanol–water partition coefficient (Wildman–Crippen LogP) is 4.54. The molecule has 0 aliphatic heterocycles. The van der Waals surface area contributed by atoms with E-state index in [2.05, 4.69) is 11.1 Å². The molecule has 25 heavy (non-hydrogen) atoms. The van der Waals surface area contributed by atoms with Crippen LogP contribution in [0.15, 0.2) is 0 Å². The second kappa shape index (κ2) is 17.2. The van der Waals surface area contributed by atoms with Gasteiger partial charge in [0.15, 0.2) is 0 Å². The molecule has 0 aliphatic rings. The molecule has 6 nitrogen and oxygen atoms in total. The van der Waals surface area contributed by atoms with E-state index in [9.17, 15) is 8.42 Å². The third kappa shape index (κ3) is 20.0. The Bertz CT molecular complexity index is 372.